The van der Waals surface area contributed by atoms with E-state index in [4.69, 9.17) is 16.3 Å². The molecule has 6 heteroatoms. The first-order chi connectivity index (χ1) is 8.56. The molecule has 0 N–H and O–H groups in total. The molecule has 0 amide bonds. The molecule has 0 radical (unpaired) electrons. The van der Waals surface area contributed by atoms with Crippen molar-refractivity contribution >= 4 is 17.3 Å². The van der Waals surface area contributed by atoms with Gasteiger partial charge in [-0.2, -0.15) is 9.37 Å². The lowest BCUT2D eigenvalue weighted by molar-refractivity contribution is 0.420. The van der Waals surface area contributed by atoms with Crippen LogP contribution in [0.2, 0.25) is 5.28 Å². The highest BCUT2D eigenvalue weighted by atomic mass is 35.5. The van der Waals surface area contributed by atoms with Gasteiger partial charge < -0.3 is 9.64 Å². The summed E-state index contributed by atoms with van der Waals surface area (Å²) >= 11 is 5.59. The van der Waals surface area contributed by atoms with Gasteiger partial charge in [-0.15, -0.1) is 0 Å². The van der Waals surface area contributed by atoms with E-state index < -0.39 is 5.82 Å². The van der Waals surface area contributed by atoms with Crippen LogP contribution in [0.3, 0.4) is 0 Å². The van der Waals surface area contributed by atoms with Crippen LogP contribution in [0.5, 0.6) is 11.6 Å². The number of rotatable bonds is 3. The first-order valence-electron chi connectivity index (χ1n) is 5.19. The fourth-order valence-corrected chi connectivity index (χ4v) is 1.47. The zero-order valence-electron chi connectivity index (χ0n) is 9.89. The van der Waals surface area contributed by atoms with Crippen LogP contribution in [0.25, 0.3) is 0 Å². The molecule has 2 aromatic rings. The Hall–Kier alpha value is -1.88. The highest BCUT2D eigenvalue weighted by molar-refractivity contribution is 6.28. The molecule has 1 heterocycles. The number of aromatic nitrogens is 2. The molecule has 0 unspecified atom stereocenters. The lowest BCUT2D eigenvalue weighted by Crippen LogP contribution is -2.08. The fraction of sp³-hybridized carbons (Fsp3) is 0.167. The van der Waals surface area contributed by atoms with E-state index in [0.29, 0.717) is 5.75 Å². The van der Waals surface area contributed by atoms with Gasteiger partial charge in [0.05, 0.1) is 6.20 Å². The van der Waals surface area contributed by atoms with Crippen LogP contribution < -0.4 is 9.64 Å². The second-order valence-corrected chi connectivity index (χ2v) is 4.12. The number of nitrogens with zero attached hydrogens (tertiary/aromatic N) is 3. The summed E-state index contributed by atoms with van der Waals surface area (Å²) in [5.41, 5.74) is 0.938. The second kappa shape index (κ2) is 5.18. The average molecular weight is 268 g/mol. The molecule has 0 aliphatic carbocycles. The Morgan fingerprint density at radius 3 is 2.83 bits per heavy atom. The van der Waals surface area contributed by atoms with E-state index in [-0.39, 0.29) is 11.2 Å². The molecule has 0 aliphatic rings. The van der Waals surface area contributed by atoms with E-state index in [0.717, 1.165) is 11.9 Å². The van der Waals surface area contributed by atoms with Gasteiger partial charge in [-0.05, 0) is 23.7 Å². The van der Waals surface area contributed by atoms with Gasteiger partial charge >= 0.3 is 0 Å². The molecule has 0 fully saturated rings. The van der Waals surface area contributed by atoms with Crippen molar-refractivity contribution in [3.05, 3.63) is 41.6 Å². The zero-order valence-corrected chi connectivity index (χ0v) is 10.6. The second-order valence-electron chi connectivity index (χ2n) is 3.79. The Morgan fingerprint density at radius 2 is 2.11 bits per heavy atom. The monoisotopic (exact) mass is 267 g/mol. The first kappa shape index (κ1) is 12.6. The topological polar surface area (TPSA) is 38.2 Å². The highest BCUT2D eigenvalue weighted by Gasteiger charge is 2.09. The van der Waals surface area contributed by atoms with Gasteiger partial charge in [0, 0.05) is 25.8 Å². The number of ether oxygens (including phenoxy) is 1. The third-order valence-corrected chi connectivity index (χ3v) is 2.41. The average Bonchev–Trinajstić information content (AvgIpc) is 2.34. The highest BCUT2D eigenvalue weighted by Crippen LogP contribution is 2.25. The lowest BCUT2D eigenvalue weighted by Gasteiger charge is -2.13. The minimum absolute atomic E-state index is 0.0600. The Bertz CT molecular complexity index is 563. The van der Waals surface area contributed by atoms with Crippen LogP contribution in [0.15, 0.2) is 30.5 Å². The Morgan fingerprint density at radius 1 is 1.33 bits per heavy atom. The summed E-state index contributed by atoms with van der Waals surface area (Å²) in [4.78, 5) is 9.12. The molecule has 0 saturated carbocycles. The summed E-state index contributed by atoms with van der Waals surface area (Å²) < 4.78 is 18.7. The minimum Gasteiger partial charge on any atom is -0.436 e. The molecular weight excluding hydrogens is 257 g/mol. The summed E-state index contributed by atoms with van der Waals surface area (Å²) in [5, 5.41) is -0.0600. The van der Waals surface area contributed by atoms with Gasteiger partial charge in [0.25, 0.3) is 5.88 Å². The van der Waals surface area contributed by atoms with Gasteiger partial charge in [-0.3, -0.25) is 0 Å². The van der Waals surface area contributed by atoms with Crippen LogP contribution in [0.4, 0.5) is 10.1 Å². The van der Waals surface area contributed by atoms with E-state index in [2.05, 4.69) is 9.97 Å². The third kappa shape index (κ3) is 2.87. The molecule has 0 bridgehead atoms. The molecule has 94 valence electrons. The van der Waals surface area contributed by atoms with Gasteiger partial charge in [0.1, 0.15) is 5.75 Å². The molecule has 0 spiro atoms. The quantitative estimate of drug-likeness (QED) is 0.801. The van der Waals surface area contributed by atoms with Crippen molar-refractivity contribution in [1.29, 1.82) is 0 Å². The smallest absolute Gasteiger partial charge is 0.260 e. The lowest BCUT2D eigenvalue weighted by atomic mass is 10.3. The summed E-state index contributed by atoms with van der Waals surface area (Å²) in [7, 11) is 3.81. The van der Waals surface area contributed by atoms with E-state index in [1.165, 1.54) is 0 Å². The first-order valence-corrected chi connectivity index (χ1v) is 5.57. The predicted molar refractivity (Wildman–Crippen MR) is 67.8 cm³/mol. The standard InChI is InChI=1S/C12H11ClFN3O/c1-17(2)8-4-3-5-9(6-8)18-11-10(14)7-15-12(13)16-11/h3-7H,1-2H3. The van der Waals surface area contributed by atoms with Crippen molar-refractivity contribution in [2.45, 2.75) is 0 Å². The minimum atomic E-state index is -0.658. The molecule has 1 aromatic heterocycles. The van der Waals surface area contributed by atoms with Crippen LogP contribution in [0.1, 0.15) is 0 Å². The summed E-state index contributed by atoms with van der Waals surface area (Å²) in [6.45, 7) is 0. The number of hydrogen-bond acceptors (Lipinski definition) is 4. The van der Waals surface area contributed by atoms with E-state index >= 15 is 0 Å². The zero-order chi connectivity index (χ0) is 13.1. The summed E-state index contributed by atoms with van der Waals surface area (Å²) in [6, 6.07) is 7.21. The number of halogens is 2. The Kier molecular flexibility index (Phi) is 3.62. The van der Waals surface area contributed by atoms with Gasteiger partial charge in [-0.25, -0.2) is 4.98 Å². The number of anilines is 1. The molecule has 0 saturated heterocycles. The molecule has 2 rings (SSSR count). The largest absolute Gasteiger partial charge is 0.436 e. The summed E-state index contributed by atoms with van der Waals surface area (Å²) in [6.07, 6.45) is 0.973. The van der Waals surface area contributed by atoms with Crippen LogP contribution in [-0.2, 0) is 0 Å². The maximum absolute atomic E-state index is 13.4. The van der Waals surface area contributed by atoms with Crippen molar-refractivity contribution in [2.75, 3.05) is 19.0 Å². The number of benzene rings is 1. The summed E-state index contributed by atoms with van der Waals surface area (Å²) in [5.74, 6) is -0.365. The SMILES string of the molecule is CN(C)c1cccc(Oc2nc(Cl)ncc2F)c1. The van der Waals surface area contributed by atoms with E-state index in [1.54, 1.807) is 12.1 Å². The van der Waals surface area contributed by atoms with Crippen LogP contribution >= 0.6 is 11.6 Å². The molecule has 1 aromatic carbocycles. The van der Waals surface area contributed by atoms with E-state index in [1.807, 2.05) is 31.1 Å². The van der Waals surface area contributed by atoms with E-state index in [9.17, 15) is 4.39 Å². The van der Waals surface area contributed by atoms with Crippen LogP contribution in [0, 0.1) is 5.82 Å². The molecular formula is C12H11ClFN3O. The Balaban J connectivity index is 2.28. The molecule has 0 aliphatic heterocycles. The Labute approximate surface area is 109 Å². The molecule has 4 nitrogen and oxygen atoms in total. The maximum Gasteiger partial charge on any atom is 0.260 e. The third-order valence-electron chi connectivity index (χ3n) is 2.23. The fourth-order valence-electron chi connectivity index (χ4n) is 1.34. The molecule has 18 heavy (non-hydrogen) atoms. The van der Waals surface area contributed by atoms with Crippen molar-refractivity contribution in [3.8, 4) is 11.6 Å². The maximum atomic E-state index is 13.4. The van der Waals surface area contributed by atoms with Crippen molar-refractivity contribution in [1.82, 2.24) is 9.97 Å². The van der Waals surface area contributed by atoms with Gasteiger partial charge in [0.15, 0.2) is 0 Å². The van der Waals surface area contributed by atoms with Gasteiger partial charge in [-0.1, -0.05) is 6.07 Å². The van der Waals surface area contributed by atoms with Crippen molar-refractivity contribution in [2.24, 2.45) is 0 Å². The van der Waals surface area contributed by atoms with Crippen molar-refractivity contribution < 1.29 is 9.13 Å². The number of hydrogen-bond donors (Lipinski definition) is 0. The van der Waals surface area contributed by atoms with Crippen molar-refractivity contribution in [3.63, 3.8) is 0 Å². The van der Waals surface area contributed by atoms with Crippen LogP contribution in [-0.4, -0.2) is 24.1 Å². The van der Waals surface area contributed by atoms with Gasteiger partial charge in [0.2, 0.25) is 11.1 Å². The molecule has 0 atom stereocenters. The predicted octanol–water partition coefficient (Wildman–Crippen LogP) is 3.13. The normalized spacial score (nSPS) is 10.2.